The number of benzene rings is 2. The van der Waals surface area contributed by atoms with Gasteiger partial charge in [-0.15, -0.1) is 0 Å². The highest BCUT2D eigenvalue weighted by Gasteiger charge is 2.38. The molecule has 0 aliphatic heterocycles. The molecule has 0 bridgehead atoms. The summed E-state index contributed by atoms with van der Waals surface area (Å²) in [6.07, 6.45) is 3.55. The molecular formula is C16H14Cl. The van der Waals surface area contributed by atoms with E-state index in [4.69, 9.17) is 11.6 Å². The van der Waals surface area contributed by atoms with Gasteiger partial charge in [0.25, 0.3) is 0 Å². The molecule has 1 aliphatic rings. The monoisotopic (exact) mass is 241 g/mol. The molecule has 1 heteroatoms. The topological polar surface area (TPSA) is 0 Å². The van der Waals surface area contributed by atoms with Crippen molar-refractivity contribution in [2.45, 2.75) is 12.3 Å². The molecule has 17 heavy (non-hydrogen) atoms. The van der Waals surface area contributed by atoms with E-state index in [1.807, 2.05) is 18.2 Å². The Morgan fingerprint density at radius 2 is 1.65 bits per heavy atom. The summed E-state index contributed by atoms with van der Waals surface area (Å²) < 4.78 is 0. The molecule has 1 radical (unpaired) electrons. The minimum absolute atomic E-state index is 0.650. The summed E-state index contributed by atoms with van der Waals surface area (Å²) in [6, 6.07) is 18.8. The van der Waals surface area contributed by atoms with E-state index in [9.17, 15) is 0 Å². The first-order valence-corrected chi connectivity index (χ1v) is 6.37. The Bertz CT molecular complexity index is 504. The summed E-state index contributed by atoms with van der Waals surface area (Å²) in [5, 5.41) is 0.853. The lowest BCUT2D eigenvalue weighted by Gasteiger charge is -2.03. The van der Waals surface area contributed by atoms with Crippen LogP contribution >= 0.6 is 11.6 Å². The summed E-state index contributed by atoms with van der Waals surface area (Å²) >= 11 is 6.16. The molecule has 2 aromatic carbocycles. The standard InChI is InChI=1S/C16H14Cl/c17-16-9-5-4-8-13(16)10-14-11-15(14)12-6-2-1-3-7-12/h1-10,14-15H,11H2. The SMILES string of the molecule is Clc1ccccc1[CH]C1CC1c1ccccc1. The second-order valence-electron chi connectivity index (χ2n) is 4.60. The molecule has 0 nitrogen and oxygen atoms in total. The van der Waals surface area contributed by atoms with Crippen molar-refractivity contribution in [3.05, 3.63) is 77.2 Å². The van der Waals surface area contributed by atoms with Crippen LogP contribution in [0.25, 0.3) is 0 Å². The van der Waals surface area contributed by atoms with Gasteiger partial charge in [0, 0.05) is 5.02 Å². The minimum atomic E-state index is 0.650. The maximum Gasteiger partial charge on any atom is 0.0441 e. The molecule has 2 aromatic rings. The zero-order valence-corrected chi connectivity index (χ0v) is 10.3. The summed E-state index contributed by atoms with van der Waals surface area (Å²) in [5.74, 6) is 1.34. The fourth-order valence-electron chi connectivity index (χ4n) is 2.32. The Labute approximate surface area is 107 Å². The van der Waals surface area contributed by atoms with Gasteiger partial charge < -0.3 is 0 Å². The summed E-state index contributed by atoms with van der Waals surface area (Å²) in [7, 11) is 0. The average Bonchev–Trinajstić information content (AvgIpc) is 3.13. The molecule has 1 fully saturated rings. The lowest BCUT2D eigenvalue weighted by Crippen LogP contribution is -1.88. The van der Waals surface area contributed by atoms with Crippen LogP contribution in [0.3, 0.4) is 0 Å². The van der Waals surface area contributed by atoms with E-state index < -0.39 is 0 Å². The molecule has 1 saturated carbocycles. The lowest BCUT2D eigenvalue weighted by molar-refractivity contribution is 0.951. The fraction of sp³-hybridized carbons (Fsp3) is 0.188. The van der Waals surface area contributed by atoms with Crippen LogP contribution in [0.15, 0.2) is 54.6 Å². The number of rotatable bonds is 3. The van der Waals surface area contributed by atoms with Crippen molar-refractivity contribution < 1.29 is 0 Å². The van der Waals surface area contributed by atoms with E-state index >= 15 is 0 Å². The molecule has 0 amide bonds. The maximum absolute atomic E-state index is 6.16. The maximum atomic E-state index is 6.16. The van der Waals surface area contributed by atoms with Crippen molar-refractivity contribution in [1.82, 2.24) is 0 Å². The quantitative estimate of drug-likeness (QED) is 0.731. The zero-order chi connectivity index (χ0) is 11.7. The predicted octanol–water partition coefficient (Wildman–Crippen LogP) is 4.70. The average molecular weight is 242 g/mol. The van der Waals surface area contributed by atoms with Crippen LogP contribution in [0, 0.1) is 12.3 Å². The highest BCUT2D eigenvalue weighted by Crippen LogP contribution is 2.50. The predicted molar refractivity (Wildman–Crippen MR) is 72.1 cm³/mol. The Morgan fingerprint density at radius 3 is 2.41 bits per heavy atom. The van der Waals surface area contributed by atoms with Gasteiger partial charge in [0.1, 0.15) is 0 Å². The molecule has 0 N–H and O–H groups in total. The van der Waals surface area contributed by atoms with Crippen LogP contribution < -0.4 is 0 Å². The Morgan fingerprint density at radius 1 is 0.941 bits per heavy atom. The molecule has 0 heterocycles. The summed E-state index contributed by atoms with van der Waals surface area (Å²) in [6.45, 7) is 0. The van der Waals surface area contributed by atoms with E-state index in [2.05, 4.69) is 42.8 Å². The molecule has 0 aromatic heterocycles. The lowest BCUT2D eigenvalue weighted by atomic mass is 10.0. The van der Waals surface area contributed by atoms with Crippen LogP contribution in [0.5, 0.6) is 0 Å². The highest BCUT2D eigenvalue weighted by molar-refractivity contribution is 6.31. The Hall–Kier alpha value is -1.27. The Kier molecular flexibility index (Phi) is 2.90. The zero-order valence-electron chi connectivity index (χ0n) is 9.51. The second kappa shape index (κ2) is 4.54. The first-order valence-electron chi connectivity index (χ1n) is 5.99. The van der Waals surface area contributed by atoms with Gasteiger partial charge in [-0.05, 0) is 41.9 Å². The smallest absolute Gasteiger partial charge is 0.0441 e. The van der Waals surface area contributed by atoms with Gasteiger partial charge in [0.15, 0.2) is 0 Å². The first kappa shape index (κ1) is 10.9. The van der Waals surface area contributed by atoms with Gasteiger partial charge >= 0.3 is 0 Å². The van der Waals surface area contributed by atoms with Gasteiger partial charge in [-0.25, -0.2) is 0 Å². The van der Waals surface area contributed by atoms with Crippen LogP contribution in [-0.4, -0.2) is 0 Å². The number of halogens is 1. The van der Waals surface area contributed by atoms with E-state index in [1.54, 1.807) is 0 Å². The molecule has 1 aliphatic carbocycles. The van der Waals surface area contributed by atoms with Gasteiger partial charge in [-0.2, -0.15) is 0 Å². The molecule has 3 rings (SSSR count). The van der Waals surface area contributed by atoms with Crippen molar-refractivity contribution in [1.29, 1.82) is 0 Å². The molecule has 2 atom stereocenters. The van der Waals surface area contributed by atoms with E-state index in [0.717, 1.165) is 10.6 Å². The van der Waals surface area contributed by atoms with Crippen LogP contribution in [0.4, 0.5) is 0 Å². The van der Waals surface area contributed by atoms with E-state index in [0.29, 0.717) is 11.8 Å². The van der Waals surface area contributed by atoms with Crippen molar-refractivity contribution >= 4 is 11.6 Å². The third-order valence-corrected chi connectivity index (χ3v) is 3.71. The Balaban J connectivity index is 1.69. The summed E-state index contributed by atoms with van der Waals surface area (Å²) in [4.78, 5) is 0. The fourth-order valence-corrected chi connectivity index (χ4v) is 2.52. The highest BCUT2D eigenvalue weighted by atomic mass is 35.5. The van der Waals surface area contributed by atoms with Crippen molar-refractivity contribution in [2.75, 3.05) is 0 Å². The van der Waals surface area contributed by atoms with Gasteiger partial charge in [0.2, 0.25) is 0 Å². The van der Waals surface area contributed by atoms with Gasteiger partial charge in [-0.1, -0.05) is 60.1 Å². The largest absolute Gasteiger partial charge is 0.0840 e. The van der Waals surface area contributed by atoms with Crippen LogP contribution in [-0.2, 0) is 0 Å². The van der Waals surface area contributed by atoms with Crippen LogP contribution in [0.2, 0.25) is 5.02 Å². The van der Waals surface area contributed by atoms with Gasteiger partial charge in [0.05, 0.1) is 0 Å². The molecule has 0 saturated heterocycles. The molecule has 85 valence electrons. The second-order valence-corrected chi connectivity index (χ2v) is 5.01. The first-order chi connectivity index (χ1) is 8.34. The normalized spacial score (nSPS) is 22.4. The third kappa shape index (κ3) is 2.37. The van der Waals surface area contributed by atoms with Crippen molar-refractivity contribution in [2.24, 2.45) is 5.92 Å². The summed E-state index contributed by atoms with van der Waals surface area (Å²) in [5.41, 5.74) is 2.61. The van der Waals surface area contributed by atoms with Gasteiger partial charge in [-0.3, -0.25) is 0 Å². The third-order valence-electron chi connectivity index (χ3n) is 3.37. The minimum Gasteiger partial charge on any atom is -0.0840 e. The molecular weight excluding hydrogens is 228 g/mol. The van der Waals surface area contributed by atoms with Crippen molar-refractivity contribution in [3.8, 4) is 0 Å². The van der Waals surface area contributed by atoms with Crippen LogP contribution in [0.1, 0.15) is 23.5 Å². The van der Waals surface area contributed by atoms with E-state index in [1.165, 1.54) is 12.0 Å². The number of hydrogen-bond acceptors (Lipinski definition) is 0. The van der Waals surface area contributed by atoms with E-state index in [-0.39, 0.29) is 0 Å². The molecule has 2 unspecified atom stereocenters. The number of hydrogen-bond donors (Lipinski definition) is 0. The van der Waals surface area contributed by atoms with Crippen molar-refractivity contribution in [3.63, 3.8) is 0 Å². The molecule has 0 spiro atoms.